The number of halogens is 1. The fourth-order valence-electron chi connectivity index (χ4n) is 4.97. The molecule has 0 unspecified atom stereocenters. The summed E-state index contributed by atoms with van der Waals surface area (Å²) in [5.74, 6) is -0.669. The first-order valence-corrected chi connectivity index (χ1v) is 16.5. The molecule has 0 saturated carbocycles. The van der Waals surface area contributed by atoms with E-state index in [2.05, 4.69) is 5.32 Å². The van der Waals surface area contributed by atoms with E-state index in [1.807, 2.05) is 0 Å². The molecule has 0 saturated heterocycles. The summed E-state index contributed by atoms with van der Waals surface area (Å²) >= 11 is 0. The molecular formula is C31H40FN3O10S. The number of ether oxygens (including phenoxy) is 5. The molecule has 2 aromatic carbocycles. The zero-order chi connectivity index (χ0) is 33.4. The first kappa shape index (κ1) is 35.1. The van der Waals surface area contributed by atoms with Crippen LogP contribution in [0.15, 0.2) is 40.8 Å². The minimum absolute atomic E-state index is 0.140. The predicted octanol–water partition coefficient (Wildman–Crippen LogP) is 3.57. The summed E-state index contributed by atoms with van der Waals surface area (Å²) in [6.45, 7) is 3.67. The van der Waals surface area contributed by atoms with E-state index in [0.717, 1.165) is 6.26 Å². The van der Waals surface area contributed by atoms with E-state index >= 15 is 0 Å². The van der Waals surface area contributed by atoms with Crippen LogP contribution in [-0.4, -0.2) is 112 Å². The monoisotopic (exact) mass is 665 g/mol. The Balaban J connectivity index is 1.51. The SMILES string of the molecule is CNC(=O)c1c(-c2ccc(F)cc2)oc2cc3c(cc12)[C@H](C)O[C@H](COC(=O)N(C)CCOCCOCCOC)CN3S(C)(=O)=O. The normalized spacial score (nSPS) is 16.6. The van der Waals surface area contributed by atoms with Gasteiger partial charge in [0.1, 0.15) is 29.9 Å². The molecule has 1 aliphatic rings. The van der Waals surface area contributed by atoms with Crippen molar-refractivity contribution in [1.29, 1.82) is 0 Å². The van der Waals surface area contributed by atoms with Crippen LogP contribution in [0.5, 0.6) is 0 Å². The highest BCUT2D eigenvalue weighted by molar-refractivity contribution is 7.92. The van der Waals surface area contributed by atoms with Gasteiger partial charge in [-0.15, -0.1) is 0 Å². The van der Waals surface area contributed by atoms with E-state index in [-0.39, 0.29) is 43.2 Å². The molecule has 0 fully saturated rings. The topological polar surface area (TPSA) is 146 Å². The van der Waals surface area contributed by atoms with Crippen molar-refractivity contribution in [2.45, 2.75) is 19.1 Å². The van der Waals surface area contributed by atoms with Gasteiger partial charge in [-0.2, -0.15) is 0 Å². The Morgan fingerprint density at radius 3 is 2.41 bits per heavy atom. The Kier molecular flexibility index (Phi) is 12.0. The molecule has 0 bridgehead atoms. The van der Waals surface area contributed by atoms with Crippen LogP contribution in [0, 0.1) is 5.82 Å². The van der Waals surface area contributed by atoms with Crippen molar-refractivity contribution in [3.05, 3.63) is 53.3 Å². The molecule has 2 atom stereocenters. The number of furan rings is 1. The molecule has 46 heavy (non-hydrogen) atoms. The van der Waals surface area contributed by atoms with Gasteiger partial charge in [0.25, 0.3) is 5.91 Å². The van der Waals surface area contributed by atoms with Crippen molar-refractivity contribution in [3.8, 4) is 11.3 Å². The predicted molar refractivity (Wildman–Crippen MR) is 168 cm³/mol. The van der Waals surface area contributed by atoms with Crippen molar-refractivity contribution in [3.63, 3.8) is 0 Å². The molecule has 252 valence electrons. The molecule has 3 aromatic rings. The summed E-state index contributed by atoms with van der Waals surface area (Å²) in [7, 11) is 0.793. The average Bonchev–Trinajstić information content (AvgIpc) is 3.33. The second-order valence-electron chi connectivity index (χ2n) is 10.7. The second-order valence-corrected chi connectivity index (χ2v) is 12.6. The minimum Gasteiger partial charge on any atom is -0.455 e. The number of likely N-dealkylation sites (N-methyl/N-ethyl adjacent to an activating group) is 1. The molecule has 0 spiro atoms. The largest absolute Gasteiger partial charge is 0.455 e. The highest BCUT2D eigenvalue weighted by Gasteiger charge is 2.34. The van der Waals surface area contributed by atoms with E-state index in [4.69, 9.17) is 28.1 Å². The molecule has 2 heterocycles. The zero-order valence-electron chi connectivity index (χ0n) is 26.5. The number of amides is 2. The van der Waals surface area contributed by atoms with Gasteiger partial charge in [-0.05, 0) is 37.3 Å². The maximum absolute atomic E-state index is 13.6. The highest BCUT2D eigenvalue weighted by Crippen LogP contribution is 2.42. The molecule has 0 aliphatic carbocycles. The average molecular weight is 666 g/mol. The van der Waals surface area contributed by atoms with Gasteiger partial charge in [-0.25, -0.2) is 17.6 Å². The molecular weight excluding hydrogens is 625 g/mol. The zero-order valence-corrected chi connectivity index (χ0v) is 27.4. The van der Waals surface area contributed by atoms with Gasteiger partial charge in [0, 0.05) is 50.3 Å². The van der Waals surface area contributed by atoms with Gasteiger partial charge >= 0.3 is 6.09 Å². The third-order valence-corrected chi connectivity index (χ3v) is 8.50. The third kappa shape index (κ3) is 8.53. The smallest absolute Gasteiger partial charge is 0.409 e. The summed E-state index contributed by atoms with van der Waals surface area (Å²) < 4.78 is 74.4. The molecule has 1 aromatic heterocycles. The van der Waals surface area contributed by atoms with Crippen LogP contribution in [0.1, 0.15) is 28.9 Å². The van der Waals surface area contributed by atoms with Crippen LogP contribution in [0.3, 0.4) is 0 Å². The fraction of sp³-hybridized carbons (Fsp3) is 0.484. The first-order chi connectivity index (χ1) is 21.9. The molecule has 15 heteroatoms. The van der Waals surface area contributed by atoms with Crippen LogP contribution in [0.2, 0.25) is 0 Å². The summed E-state index contributed by atoms with van der Waals surface area (Å²) in [6.07, 6.45) is -1.02. The van der Waals surface area contributed by atoms with Crippen molar-refractivity contribution in [2.75, 3.05) is 84.5 Å². The molecule has 2 amide bonds. The van der Waals surface area contributed by atoms with Crippen molar-refractivity contribution < 1.29 is 50.5 Å². The van der Waals surface area contributed by atoms with Crippen molar-refractivity contribution in [2.24, 2.45) is 0 Å². The van der Waals surface area contributed by atoms with Crippen LogP contribution in [0.4, 0.5) is 14.9 Å². The Labute approximate surface area is 267 Å². The summed E-state index contributed by atoms with van der Waals surface area (Å²) in [5, 5.41) is 3.04. The minimum atomic E-state index is -3.84. The Morgan fingerprint density at radius 1 is 1.09 bits per heavy atom. The van der Waals surface area contributed by atoms with Crippen molar-refractivity contribution >= 4 is 38.7 Å². The fourth-order valence-corrected chi connectivity index (χ4v) is 5.92. The number of rotatable bonds is 14. The van der Waals surface area contributed by atoms with Gasteiger partial charge in [0.2, 0.25) is 10.0 Å². The van der Waals surface area contributed by atoms with Gasteiger partial charge < -0.3 is 38.3 Å². The summed E-state index contributed by atoms with van der Waals surface area (Å²) in [5.41, 5.74) is 1.74. The van der Waals surface area contributed by atoms with E-state index < -0.39 is 40.0 Å². The van der Waals surface area contributed by atoms with Crippen LogP contribution in [0.25, 0.3) is 22.3 Å². The van der Waals surface area contributed by atoms with Gasteiger partial charge in [0.15, 0.2) is 0 Å². The van der Waals surface area contributed by atoms with Crippen LogP contribution in [-0.2, 0) is 33.7 Å². The number of sulfonamides is 1. The molecule has 13 nitrogen and oxygen atoms in total. The first-order valence-electron chi connectivity index (χ1n) is 14.7. The summed E-state index contributed by atoms with van der Waals surface area (Å²) in [6, 6.07) is 8.72. The number of carbonyl (C=O) groups excluding carboxylic acids is 2. The lowest BCUT2D eigenvalue weighted by atomic mass is 10.0. The number of anilines is 1. The second kappa shape index (κ2) is 15.7. The molecule has 4 rings (SSSR count). The van der Waals surface area contributed by atoms with Gasteiger partial charge in [-0.3, -0.25) is 9.10 Å². The molecule has 1 N–H and O–H groups in total. The number of nitrogens with one attached hydrogen (secondary N) is 1. The van der Waals surface area contributed by atoms with E-state index in [1.54, 1.807) is 33.2 Å². The maximum atomic E-state index is 13.6. The maximum Gasteiger partial charge on any atom is 0.409 e. The number of carbonyl (C=O) groups is 2. The number of fused-ring (bicyclic) bond motifs is 2. The van der Waals surface area contributed by atoms with E-state index in [9.17, 15) is 22.4 Å². The van der Waals surface area contributed by atoms with Crippen LogP contribution < -0.4 is 9.62 Å². The molecule has 0 radical (unpaired) electrons. The van der Waals surface area contributed by atoms with Gasteiger partial charge in [-0.1, -0.05) is 0 Å². The van der Waals surface area contributed by atoms with Gasteiger partial charge in [0.05, 0.1) is 63.2 Å². The standard InChI is InChI=1S/C31H40FN3O10S/c1-20-24-16-25-27(45-29(28(25)30(36)33-2)21-6-8-22(32)9-7-21)17-26(24)35(46(5,38)39)18-23(44-20)19-43-31(37)34(3)10-11-41-14-15-42-13-12-40-4/h6-9,16-17,20,23H,10-15,18-19H2,1-5H3,(H,33,36)/t20-,23-/m0/s1. The number of nitrogens with zero attached hydrogens (tertiary/aromatic N) is 2. The number of hydrogen-bond donors (Lipinski definition) is 1. The number of benzene rings is 2. The van der Waals surface area contributed by atoms with E-state index in [1.165, 1.54) is 40.5 Å². The lowest BCUT2D eigenvalue weighted by molar-refractivity contribution is -0.0322. The van der Waals surface area contributed by atoms with Crippen molar-refractivity contribution in [1.82, 2.24) is 10.2 Å². The lowest BCUT2D eigenvalue weighted by Crippen LogP contribution is -2.40. The van der Waals surface area contributed by atoms with E-state index in [0.29, 0.717) is 48.6 Å². The Hall–Kier alpha value is -3.76. The molecule has 1 aliphatic heterocycles. The highest BCUT2D eigenvalue weighted by atomic mass is 32.2. The number of methoxy groups -OCH3 is 1. The Morgan fingerprint density at radius 2 is 1.76 bits per heavy atom. The lowest BCUT2D eigenvalue weighted by Gasteiger charge is -2.25. The third-order valence-electron chi connectivity index (χ3n) is 7.35. The quantitative estimate of drug-likeness (QED) is 0.254. The van der Waals surface area contributed by atoms with Crippen LogP contribution >= 0.6 is 0 Å². The summed E-state index contributed by atoms with van der Waals surface area (Å²) in [4.78, 5) is 27.1. The Bertz CT molecular complexity index is 1610. The number of hydrogen-bond acceptors (Lipinski definition) is 10.